The number of hydrogen-bond acceptors (Lipinski definition) is 2. The van der Waals surface area contributed by atoms with Crippen molar-refractivity contribution >= 4 is 5.91 Å². The molecule has 110 valence electrons. The van der Waals surface area contributed by atoms with Crippen molar-refractivity contribution in [2.75, 3.05) is 6.54 Å². The zero-order valence-electron chi connectivity index (χ0n) is 12.3. The van der Waals surface area contributed by atoms with Crippen molar-refractivity contribution in [1.29, 1.82) is 0 Å². The van der Waals surface area contributed by atoms with Gasteiger partial charge in [0.2, 0.25) is 5.91 Å². The second-order valence-corrected chi connectivity index (χ2v) is 6.06. The molecule has 2 unspecified atom stereocenters. The first-order valence-corrected chi connectivity index (χ1v) is 7.85. The van der Waals surface area contributed by atoms with Crippen LogP contribution in [0.1, 0.15) is 36.8 Å². The van der Waals surface area contributed by atoms with Gasteiger partial charge in [-0.1, -0.05) is 36.8 Å². The molecule has 2 aliphatic rings. The summed E-state index contributed by atoms with van der Waals surface area (Å²) in [4.78, 5) is 12.2. The third kappa shape index (κ3) is 3.28. The topological polar surface area (TPSA) is 55.1 Å². The van der Waals surface area contributed by atoms with Crippen LogP contribution in [0, 0.1) is 29.6 Å². The molecule has 1 aromatic carbocycles. The first-order chi connectivity index (χ1) is 10.3. The minimum absolute atomic E-state index is 0.241. The second-order valence-electron chi connectivity index (χ2n) is 6.06. The molecule has 0 aromatic heterocycles. The molecule has 1 amide bonds. The lowest BCUT2D eigenvalue weighted by atomic mass is 10.0. The van der Waals surface area contributed by atoms with E-state index in [-0.39, 0.29) is 11.8 Å². The van der Waals surface area contributed by atoms with Gasteiger partial charge in [0.25, 0.3) is 0 Å². The molecule has 21 heavy (non-hydrogen) atoms. The van der Waals surface area contributed by atoms with E-state index in [4.69, 9.17) is 5.73 Å². The average Bonchev–Trinajstić information content (AvgIpc) is 3.25. The van der Waals surface area contributed by atoms with Crippen LogP contribution in [-0.2, 0) is 11.3 Å². The van der Waals surface area contributed by atoms with Crippen LogP contribution in [0.3, 0.4) is 0 Å². The van der Waals surface area contributed by atoms with Crippen molar-refractivity contribution in [1.82, 2.24) is 5.32 Å². The van der Waals surface area contributed by atoms with Crippen LogP contribution in [0.25, 0.3) is 0 Å². The summed E-state index contributed by atoms with van der Waals surface area (Å²) in [7, 11) is 0. The summed E-state index contributed by atoms with van der Waals surface area (Å²) >= 11 is 0. The second kappa shape index (κ2) is 6.32. The van der Waals surface area contributed by atoms with Crippen molar-refractivity contribution in [3.05, 3.63) is 35.4 Å². The van der Waals surface area contributed by atoms with Crippen LogP contribution in [0.4, 0.5) is 0 Å². The molecule has 3 nitrogen and oxygen atoms in total. The maximum absolute atomic E-state index is 12.2. The maximum Gasteiger partial charge on any atom is 0.223 e. The summed E-state index contributed by atoms with van der Waals surface area (Å²) in [6.45, 7) is 0.957. The number of hydrogen-bond donors (Lipinski definition) is 2. The van der Waals surface area contributed by atoms with E-state index in [9.17, 15) is 4.79 Å². The smallest absolute Gasteiger partial charge is 0.223 e. The summed E-state index contributed by atoms with van der Waals surface area (Å²) in [5.41, 5.74) is 7.42. The quantitative estimate of drug-likeness (QED) is 0.834. The number of rotatable bonds is 3. The van der Waals surface area contributed by atoms with Gasteiger partial charge in [0.1, 0.15) is 0 Å². The summed E-state index contributed by atoms with van der Waals surface area (Å²) in [6.07, 6.45) is 5.08. The van der Waals surface area contributed by atoms with Crippen LogP contribution in [-0.4, -0.2) is 12.5 Å². The van der Waals surface area contributed by atoms with Gasteiger partial charge < -0.3 is 11.1 Å². The molecule has 2 atom stereocenters. The molecule has 2 saturated carbocycles. The standard InChI is InChI=1S/C18H22N2O/c19-10-4-7-13-5-3-6-14(11-13)12-20-18(21)17-15-8-1-2-9-16(15)17/h3,5-6,11,15-17H,1-2,8-10,12,19H2,(H,20,21). The molecule has 3 heteroatoms. The maximum atomic E-state index is 12.2. The molecule has 0 bridgehead atoms. The minimum Gasteiger partial charge on any atom is -0.352 e. The number of fused-ring (bicyclic) bond motifs is 1. The van der Waals surface area contributed by atoms with Gasteiger partial charge in [0, 0.05) is 18.0 Å². The van der Waals surface area contributed by atoms with E-state index in [2.05, 4.69) is 17.2 Å². The predicted octanol–water partition coefficient (Wildman–Crippen LogP) is 2.05. The number of carbonyl (C=O) groups is 1. The van der Waals surface area contributed by atoms with E-state index in [1.807, 2.05) is 24.3 Å². The Kier molecular flexibility index (Phi) is 4.26. The molecule has 0 saturated heterocycles. The highest BCUT2D eigenvalue weighted by atomic mass is 16.2. The van der Waals surface area contributed by atoms with Gasteiger partial charge in [0.05, 0.1) is 6.54 Å². The van der Waals surface area contributed by atoms with Crippen molar-refractivity contribution < 1.29 is 4.79 Å². The fraction of sp³-hybridized carbons (Fsp3) is 0.500. The third-order valence-corrected chi connectivity index (χ3v) is 4.69. The summed E-state index contributed by atoms with van der Waals surface area (Å²) < 4.78 is 0. The highest BCUT2D eigenvalue weighted by Gasteiger charge is 2.54. The Morgan fingerprint density at radius 3 is 2.76 bits per heavy atom. The molecule has 0 heterocycles. The summed E-state index contributed by atoms with van der Waals surface area (Å²) in [6, 6.07) is 7.97. The van der Waals surface area contributed by atoms with Gasteiger partial charge in [-0.15, -0.1) is 0 Å². The van der Waals surface area contributed by atoms with Crippen LogP contribution in [0.15, 0.2) is 24.3 Å². The molecular weight excluding hydrogens is 260 g/mol. The SMILES string of the molecule is NCC#Cc1cccc(CNC(=O)C2C3CCCCC32)c1. The van der Waals surface area contributed by atoms with Gasteiger partial charge >= 0.3 is 0 Å². The van der Waals surface area contributed by atoms with E-state index >= 15 is 0 Å². The van der Waals surface area contributed by atoms with Crippen LogP contribution >= 0.6 is 0 Å². The first-order valence-electron chi connectivity index (χ1n) is 7.85. The highest BCUT2D eigenvalue weighted by molar-refractivity contribution is 5.82. The molecule has 3 N–H and O–H groups in total. The van der Waals surface area contributed by atoms with Gasteiger partial charge in [-0.25, -0.2) is 0 Å². The Morgan fingerprint density at radius 1 is 1.29 bits per heavy atom. The number of nitrogens with one attached hydrogen (secondary N) is 1. The number of amides is 1. The van der Waals surface area contributed by atoms with Crippen molar-refractivity contribution in [3.8, 4) is 11.8 Å². The molecule has 3 rings (SSSR count). The molecule has 2 fully saturated rings. The lowest BCUT2D eigenvalue weighted by Gasteiger charge is -2.05. The first kappa shape index (κ1) is 14.2. The Morgan fingerprint density at radius 2 is 2.05 bits per heavy atom. The highest BCUT2D eigenvalue weighted by Crippen LogP contribution is 2.55. The van der Waals surface area contributed by atoms with Gasteiger partial charge in [-0.05, 0) is 42.4 Å². The summed E-state index contributed by atoms with van der Waals surface area (Å²) in [5, 5.41) is 3.09. The Labute approximate surface area is 126 Å². The van der Waals surface area contributed by atoms with E-state index in [0.29, 0.717) is 24.9 Å². The average molecular weight is 282 g/mol. The van der Waals surface area contributed by atoms with E-state index in [1.54, 1.807) is 0 Å². The molecule has 0 radical (unpaired) electrons. The lowest BCUT2D eigenvalue weighted by Crippen LogP contribution is -2.25. The predicted molar refractivity (Wildman–Crippen MR) is 83.2 cm³/mol. The molecule has 1 aromatic rings. The van der Waals surface area contributed by atoms with Gasteiger partial charge in [-0.2, -0.15) is 0 Å². The number of benzene rings is 1. The van der Waals surface area contributed by atoms with Crippen molar-refractivity contribution in [3.63, 3.8) is 0 Å². The third-order valence-electron chi connectivity index (χ3n) is 4.69. The molecule has 2 aliphatic carbocycles. The van der Waals surface area contributed by atoms with E-state index in [0.717, 1.165) is 11.1 Å². The van der Waals surface area contributed by atoms with Crippen LogP contribution in [0.2, 0.25) is 0 Å². The monoisotopic (exact) mass is 282 g/mol. The number of carbonyl (C=O) groups excluding carboxylic acids is 1. The number of nitrogens with two attached hydrogens (primary N) is 1. The molecule has 0 spiro atoms. The van der Waals surface area contributed by atoms with E-state index < -0.39 is 0 Å². The zero-order chi connectivity index (χ0) is 14.7. The summed E-state index contributed by atoms with van der Waals surface area (Å²) in [5.74, 6) is 7.73. The van der Waals surface area contributed by atoms with Crippen molar-refractivity contribution in [2.45, 2.75) is 32.2 Å². The fourth-order valence-corrected chi connectivity index (χ4v) is 3.60. The van der Waals surface area contributed by atoms with Gasteiger partial charge in [0.15, 0.2) is 0 Å². The Hall–Kier alpha value is -1.79. The van der Waals surface area contributed by atoms with Crippen LogP contribution in [0.5, 0.6) is 0 Å². The van der Waals surface area contributed by atoms with Crippen molar-refractivity contribution in [2.24, 2.45) is 23.5 Å². The molecular formula is C18H22N2O. The zero-order valence-corrected chi connectivity index (χ0v) is 12.3. The Balaban J connectivity index is 1.54. The molecule has 0 aliphatic heterocycles. The lowest BCUT2D eigenvalue weighted by molar-refractivity contribution is -0.123. The largest absolute Gasteiger partial charge is 0.352 e. The Bertz CT molecular complexity index is 572. The van der Waals surface area contributed by atoms with E-state index in [1.165, 1.54) is 25.7 Å². The normalized spacial score (nSPS) is 26.2. The fourth-order valence-electron chi connectivity index (χ4n) is 3.60. The van der Waals surface area contributed by atoms with Gasteiger partial charge in [-0.3, -0.25) is 4.79 Å². The van der Waals surface area contributed by atoms with Crippen LogP contribution < -0.4 is 11.1 Å². The minimum atomic E-state index is 0.241.